The minimum absolute atomic E-state index is 0.424. The molecule has 0 aliphatic carbocycles. The Bertz CT molecular complexity index is 662. The second-order valence-corrected chi connectivity index (χ2v) is 5.85. The number of rotatable bonds is 8. The molecule has 0 aliphatic rings. The van der Waals surface area contributed by atoms with Gasteiger partial charge in [0.1, 0.15) is 24.0 Å². The van der Waals surface area contributed by atoms with E-state index in [9.17, 15) is 25.5 Å². The molecule has 0 spiro atoms. The monoisotopic (exact) mass is 353 g/mol. The van der Waals surface area contributed by atoms with E-state index < -0.39 is 37.3 Å². The molecule has 4 atom stereocenters. The molecule has 2 rings (SSSR count). The molecule has 0 saturated carbocycles. The van der Waals surface area contributed by atoms with E-state index in [0.717, 1.165) is 5.56 Å². The van der Waals surface area contributed by atoms with Gasteiger partial charge in [0.15, 0.2) is 6.29 Å². The van der Waals surface area contributed by atoms with Crippen LogP contribution in [0.25, 0.3) is 11.3 Å². The van der Waals surface area contributed by atoms with Crippen molar-refractivity contribution in [1.29, 1.82) is 0 Å². The first-order valence-corrected chi connectivity index (χ1v) is 7.81. The van der Waals surface area contributed by atoms with Gasteiger partial charge in [-0.3, -0.25) is 5.10 Å². The highest BCUT2D eigenvalue weighted by Crippen LogP contribution is 2.28. The van der Waals surface area contributed by atoms with Crippen LogP contribution in [0.1, 0.15) is 24.2 Å². The number of aromatic amines is 1. The van der Waals surface area contributed by atoms with E-state index in [4.69, 9.17) is 4.74 Å². The Labute approximate surface area is 144 Å². The van der Waals surface area contributed by atoms with Gasteiger partial charge in [-0.05, 0) is 31.0 Å². The lowest BCUT2D eigenvalue weighted by Crippen LogP contribution is -2.42. The Hall–Kier alpha value is -1.88. The molecule has 9 heteroatoms. The number of ether oxygens (including phenoxy) is 1. The molecule has 0 amide bonds. The summed E-state index contributed by atoms with van der Waals surface area (Å²) >= 11 is 0. The average Bonchev–Trinajstić information content (AvgIpc) is 3.08. The summed E-state index contributed by atoms with van der Waals surface area (Å²) in [6, 6.07) is 5.11. The first-order valence-electron chi connectivity index (χ1n) is 7.81. The molecular weight excluding hydrogens is 330 g/mol. The highest BCUT2D eigenvalue weighted by molar-refractivity contribution is 5.59. The number of aliphatic hydroxyl groups excluding tert-OH is 4. The summed E-state index contributed by atoms with van der Waals surface area (Å²) in [6.45, 7) is 2.62. The number of nitrogens with one attached hydrogen (secondary N) is 1. The van der Waals surface area contributed by atoms with Crippen molar-refractivity contribution in [2.75, 3.05) is 6.61 Å². The normalized spacial score (nSPS) is 16.6. The average molecular weight is 353 g/mol. The standard InChI is InChI=1S/C16H23N3O6/c1-8-5-10(12-6-17-19-18-12)3-4-11(8)14(22)15(16(23)24)25-13(7-20)9(2)21/h3-6,9,13-16,20-24H,7H2,1-2H3,(H,17,18,19). The van der Waals surface area contributed by atoms with Gasteiger partial charge in [0.2, 0.25) is 0 Å². The van der Waals surface area contributed by atoms with Crippen LogP contribution >= 0.6 is 0 Å². The highest BCUT2D eigenvalue weighted by Gasteiger charge is 2.32. The van der Waals surface area contributed by atoms with Gasteiger partial charge in [0.25, 0.3) is 0 Å². The lowest BCUT2D eigenvalue weighted by molar-refractivity contribution is -0.216. The SMILES string of the molecule is Cc1cc(-c2c[nH]nn2)ccc1C(O)C(OC(CO)C(C)O)C(O)O. The molecule has 4 unspecified atom stereocenters. The summed E-state index contributed by atoms with van der Waals surface area (Å²) in [7, 11) is 0. The van der Waals surface area contributed by atoms with Crippen molar-refractivity contribution in [1.82, 2.24) is 15.4 Å². The van der Waals surface area contributed by atoms with E-state index >= 15 is 0 Å². The quantitative estimate of drug-likeness (QED) is 0.339. The number of aromatic nitrogens is 3. The smallest absolute Gasteiger partial charge is 0.181 e. The van der Waals surface area contributed by atoms with Crippen molar-refractivity contribution >= 4 is 0 Å². The van der Waals surface area contributed by atoms with Crippen LogP contribution in [-0.4, -0.2) is 72.2 Å². The van der Waals surface area contributed by atoms with E-state index in [0.29, 0.717) is 16.8 Å². The van der Waals surface area contributed by atoms with Crippen molar-refractivity contribution in [2.24, 2.45) is 0 Å². The molecular formula is C16H23N3O6. The van der Waals surface area contributed by atoms with Gasteiger partial charge < -0.3 is 30.3 Å². The first-order chi connectivity index (χ1) is 11.8. The van der Waals surface area contributed by atoms with Crippen molar-refractivity contribution in [3.05, 3.63) is 35.5 Å². The van der Waals surface area contributed by atoms with Crippen LogP contribution < -0.4 is 0 Å². The summed E-state index contributed by atoms with van der Waals surface area (Å²) in [5, 5.41) is 58.6. The maximum atomic E-state index is 10.5. The number of hydrogen-bond acceptors (Lipinski definition) is 8. The molecule has 0 fully saturated rings. The Morgan fingerprint density at radius 2 is 1.92 bits per heavy atom. The Morgan fingerprint density at radius 1 is 1.20 bits per heavy atom. The minimum atomic E-state index is -2.00. The molecule has 1 heterocycles. The highest BCUT2D eigenvalue weighted by atomic mass is 16.6. The maximum Gasteiger partial charge on any atom is 0.181 e. The topological polar surface area (TPSA) is 152 Å². The third-order valence-corrected chi connectivity index (χ3v) is 3.96. The number of hydrogen-bond donors (Lipinski definition) is 6. The van der Waals surface area contributed by atoms with Crippen LogP contribution in [0, 0.1) is 6.92 Å². The summed E-state index contributed by atoms with van der Waals surface area (Å²) in [6.07, 6.45) is -5.30. The van der Waals surface area contributed by atoms with Crippen LogP contribution in [0.15, 0.2) is 24.4 Å². The number of benzene rings is 1. The maximum absolute atomic E-state index is 10.5. The van der Waals surface area contributed by atoms with E-state index in [-0.39, 0.29) is 0 Å². The van der Waals surface area contributed by atoms with Crippen LogP contribution in [-0.2, 0) is 4.74 Å². The first kappa shape index (κ1) is 19.4. The predicted octanol–water partition coefficient (Wildman–Crippen LogP) is -0.749. The molecule has 2 aromatic rings. The fourth-order valence-electron chi connectivity index (χ4n) is 2.51. The number of aliphatic hydroxyl groups is 5. The molecule has 6 N–H and O–H groups in total. The van der Waals surface area contributed by atoms with Gasteiger partial charge in [0.05, 0.1) is 12.7 Å². The van der Waals surface area contributed by atoms with E-state index in [2.05, 4.69) is 15.4 Å². The van der Waals surface area contributed by atoms with Crippen LogP contribution in [0.3, 0.4) is 0 Å². The van der Waals surface area contributed by atoms with Crippen LogP contribution in [0.4, 0.5) is 0 Å². The Morgan fingerprint density at radius 3 is 2.40 bits per heavy atom. The fourth-order valence-corrected chi connectivity index (χ4v) is 2.51. The van der Waals surface area contributed by atoms with Crippen LogP contribution in [0.5, 0.6) is 0 Å². The molecule has 25 heavy (non-hydrogen) atoms. The second kappa shape index (κ2) is 8.48. The fraction of sp³-hybridized carbons (Fsp3) is 0.500. The molecule has 1 aromatic carbocycles. The third kappa shape index (κ3) is 4.60. The van der Waals surface area contributed by atoms with Gasteiger partial charge >= 0.3 is 0 Å². The third-order valence-electron chi connectivity index (χ3n) is 3.96. The molecule has 138 valence electrons. The van der Waals surface area contributed by atoms with Crippen molar-refractivity contribution < 1.29 is 30.3 Å². The largest absolute Gasteiger partial charge is 0.394 e. The lowest BCUT2D eigenvalue weighted by Gasteiger charge is -2.30. The van der Waals surface area contributed by atoms with Crippen LogP contribution in [0.2, 0.25) is 0 Å². The van der Waals surface area contributed by atoms with E-state index in [1.807, 2.05) is 0 Å². The van der Waals surface area contributed by atoms with Gasteiger partial charge in [-0.1, -0.05) is 17.3 Å². The minimum Gasteiger partial charge on any atom is -0.394 e. The molecule has 0 saturated heterocycles. The summed E-state index contributed by atoms with van der Waals surface area (Å²) < 4.78 is 5.32. The van der Waals surface area contributed by atoms with Gasteiger partial charge in [-0.2, -0.15) is 0 Å². The Balaban J connectivity index is 2.25. The second-order valence-electron chi connectivity index (χ2n) is 5.85. The van der Waals surface area contributed by atoms with Gasteiger partial charge in [0, 0.05) is 11.8 Å². The molecule has 9 nitrogen and oxygen atoms in total. The zero-order chi connectivity index (χ0) is 18.6. The van der Waals surface area contributed by atoms with Crippen molar-refractivity contribution in [3.8, 4) is 11.3 Å². The zero-order valence-electron chi connectivity index (χ0n) is 13.9. The van der Waals surface area contributed by atoms with Gasteiger partial charge in [-0.25, -0.2) is 0 Å². The summed E-state index contributed by atoms with van der Waals surface area (Å²) in [4.78, 5) is 0. The molecule has 1 aromatic heterocycles. The molecule has 0 aliphatic heterocycles. The summed E-state index contributed by atoms with van der Waals surface area (Å²) in [5.74, 6) is 0. The predicted molar refractivity (Wildman–Crippen MR) is 87.2 cm³/mol. The van der Waals surface area contributed by atoms with E-state index in [1.54, 1.807) is 31.3 Å². The molecule has 0 bridgehead atoms. The zero-order valence-corrected chi connectivity index (χ0v) is 13.9. The number of aryl methyl sites for hydroxylation is 1. The van der Waals surface area contributed by atoms with Crippen molar-refractivity contribution in [3.63, 3.8) is 0 Å². The lowest BCUT2D eigenvalue weighted by atomic mass is 9.96. The van der Waals surface area contributed by atoms with Crippen molar-refractivity contribution in [2.45, 2.75) is 44.6 Å². The Kier molecular flexibility index (Phi) is 6.59. The van der Waals surface area contributed by atoms with E-state index in [1.165, 1.54) is 6.92 Å². The summed E-state index contributed by atoms with van der Waals surface area (Å²) in [5.41, 5.74) is 2.52. The number of H-pyrrole nitrogens is 1. The number of nitrogens with zero attached hydrogens (tertiary/aromatic N) is 2. The molecule has 0 radical (unpaired) electrons. The van der Waals surface area contributed by atoms with Gasteiger partial charge in [-0.15, -0.1) is 5.10 Å².